The maximum atomic E-state index is 13.6. The Morgan fingerprint density at radius 1 is 1.08 bits per heavy atom. The van der Waals surface area contributed by atoms with E-state index >= 15 is 0 Å². The summed E-state index contributed by atoms with van der Waals surface area (Å²) in [5, 5.41) is 0. The van der Waals surface area contributed by atoms with E-state index in [9.17, 15) is 18.0 Å². The number of carbonyl (C=O) groups excluding carboxylic acids is 2. The molecule has 0 aromatic heterocycles. The molecule has 1 amide bonds. The first kappa shape index (κ1) is 27.5. The van der Waals surface area contributed by atoms with Crippen LogP contribution in [0.2, 0.25) is 0 Å². The molecule has 1 heterocycles. The smallest absolute Gasteiger partial charge is 0.411 e. The minimum absolute atomic E-state index is 0.0407. The summed E-state index contributed by atoms with van der Waals surface area (Å²) in [5.41, 5.74) is -0.128. The summed E-state index contributed by atoms with van der Waals surface area (Å²) in [6, 6.07) is 3.60. The van der Waals surface area contributed by atoms with Crippen LogP contribution in [0, 0.1) is 0 Å². The Morgan fingerprint density at radius 3 is 2.28 bits per heavy atom. The summed E-state index contributed by atoms with van der Waals surface area (Å²) in [6.45, 7) is 5.33. The first-order valence-corrected chi connectivity index (χ1v) is 13.2. The maximum absolute atomic E-state index is 13.6. The molecule has 1 aromatic carbocycles. The van der Waals surface area contributed by atoms with Gasteiger partial charge in [-0.1, -0.05) is 0 Å². The predicted molar refractivity (Wildman–Crippen MR) is 131 cm³/mol. The maximum Gasteiger partial charge on any atom is 0.411 e. The van der Waals surface area contributed by atoms with E-state index in [-0.39, 0.29) is 25.3 Å². The Morgan fingerprint density at radius 2 is 1.72 bits per heavy atom. The van der Waals surface area contributed by atoms with Gasteiger partial charge in [0, 0.05) is 6.54 Å². The van der Waals surface area contributed by atoms with E-state index in [1.54, 1.807) is 32.9 Å². The van der Waals surface area contributed by atoms with Gasteiger partial charge in [-0.15, -0.1) is 0 Å². The van der Waals surface area contributed by atoms with E-state index in [2.05, 4.69) is 0 Å². The number of allylic oxidation sites excluding steroid dienone is 1. The number of rotatable bonds is 7. The first-order chi connectivity index (χ1) is 16.8. The van der Waals surface area contributed by atoms with Gasteiger partial charge in [0.25, 0.3) is 10.1 Å². The third-order valence-corrected chi connectivity index (χ3v) is 6.53. The van der Waals surface area contributed by atoms with Gasteiger partial charge >= 0.3 is 6.09 Å². The lowest BCUT2D eigenvalue weighted by Crippen LogP contribution is -2.56. The highest BCUT2D eigenvalue weighted by molar-refractivity contribution is 7.85. The van der Waals surface area contributed by atoms with Crippen molar-refractivity contribution >= 4 is 22.0 Å². The molecule has 0 N–H and O–H groups in total. The number of fused-ring (bicyclic) bond motifs is 2. The van der Waals surface area contributed by atoms with Gasteiger partial charge in [-0.05, 0) is 74.6 Å². The topological polar surface area (TPSA) is 118 Å². The monoisotopic (exact) mass is 523 g/mol. The fraction of sp³-hybridized carbons (Fsp3) is 0.520. The van der Waals surface area contributed by atoms with Crippen LogP contribution in [0.3, 0.4) is 0 Å². The second kappa shape index (κ2) is 10.1. The number of nitrogens with zero attached hydrogens (tertiary/aromatic N) is 1. The molecule has 1 aliphatic heterocycles. The van der Waals surface area contributed by atoms with E-state index in [1.165, 1.54) is 32.3 Å². The standard InChI is InChI=1S/C25H33NO9S/c1-24(2,3)35-23(28)26-10-8-16-12-20(31-4)21(32-5)14-18(16)25(26)15-22(33-6)19(27)13-17(25)9-11-34-36(7,29)30/h12-15H,8-11H2,1-7H3. The van der Waals surface area contributed by atoms with Gasteiger partial charge in [0.1, 0.15) is 11.1 Å². The van der Waals surface area contributed by atoms with Crippen molar-refractivity contribution in [2.45, 2.75) is 44.8 Å². The number of ketones is 1. The van der Waals surface area contributed by atoms with Crippen molar-refractivity contribution < 1.29 is 41.1 Å². The first-order valence-electron chi connectivity index (χ1n) is 11.4. The lowest BCUT2D eigenvalue weighted by Gasteiger charge is -2.49. The third kappa shape index (κ3) is 5.52. The van der Waals surface area contributed by atoms with E-state index in [0.717, 1.165) is 11.8 Å². The molecule has 0 fully saturated rings. The number of benzene rings is 1. The van der Waals surface area contributed by atoms with E-state index in [4.69, 9.17) is 23.1 Å². The Hall–Kier alpha value is -3.05. The average Bonchev–Trinajstić information content (AvgIpc) is 2.78. The Kier molecular flexibility index (Phi) is 7.75. The summed E-state index contributed by atoms with van der Waals surface area (Å²) in [4.78, 5) is 28.0. The number of amides is 1. The number of ether oxygens (including phenoxy) is 4. The molecule has 1 aliphatic carbocycles. The summed E-state index contributed by atoms with van der Waals surface area (Å²) in [5.74, 6) is 0.580. The molecule has 1 aromatic rings. The van der Waals surface area contributed by atoms with Gasteiger partial charge < -0.3 is 18.9 Å². The number of carbonyl (C=O) groups is 2. The van der Waals surface area contributed by atoms with Crippen LogP contribution in [0.1, 0.15) is 38.3 Å². The lowest BCUT2D eigenvalue weighted by molar-refractivity contribution is -0.114. The van der Waals surface area contributed by atoms with Crippen LogP contribution in [0.15, 0.2) is 35.6 Å². The SMILES string of the molecule is COC1=CC2(C(CCOS(C)(=O)=O)=CC1=O)c1cc(OC)c(OC)cc1CCN2C(=O)OC(C)(C)C. The van der Waals surface area contributed by atoms with Gasteiger partial charge in [0.2, 0.25) is 5.78 Å². The predicted octanol–water partition coefficient (Wildman–Crippen LogP) is 3.10. The van der Waals surface area contributed by atoms with Crippen molar-refractivity contribution in [3.63, 3.8) is 0 Å². The van der Waals surface area contributed by atoms with Crippen molar-refractivity contribution in [2.75, 3.05) is 40.7 Å². The lowest BCUT2D eigenvalue weighted by atomic mass is 9.71. The quantitative estimate of drug-likeness (QED) is 0.497. The average molecular weight is 524 g/mol. The molecule has 1 unspecified atom stereocenters. The fourth-order valence-corrected chi connectivity index (χ4v) is 4.90. The Bertz CT molecular complexity index is 1210. The molecule has 3 rings (SSSR count). The number of hydrogen-bond donors (Lipinski definition) is 0. The summed E-state index contributed by atoms with van der Waals surface area (Å²) >= 11 is 0. The highest BCUT2D eigenvalue weighted by atomic mass is 32.2. The fourth-order valence-electron chi connectivity index (χ4n) is 4.51. The molecule has 0 saturated heterocycles. The minimum atomic E-state index is -3.72. The van der Waals surface area contributed by atoms with Crippen LogP contribution in [-0.2, 0) is 40.5 Å². The van der Waals surface area contributed by atoms with Crippen LogP contribution in [0.5, 0.6) is 11.5 Å². The number of hydrogen-bond acceptors (Lipinski definition) is 9. The largest absolute Gasteiger partial charge is 0.493 e. The molecule has 10 nitrogen and oxygen atoms in total. The normalized spacial score (nSPS) is 19.9. The Balaban J connectivity index is 2.29. The molecule has 0 saturated carbocycles. The third-order valence-electron chi connectivity index (χ3n) is 5.93. The molecule has 2 aliphatic rings. The highest BCUT2D eigenvalue weighted by Gasteiger charge is 2.51. The molecule has 0 radical (unpaired) electrons. The second-order valence-electron chi connectivity index (χ2n) is 9.54. The van der Waals surface area contributed by atoms with E-state index < -0.39 is 33.1 Å². The van der Waals surface area contributed by atoms with Crippen LogP contribution < -0.4 is 9.47 Å². The zero-order chi connectivity index (χ0) is 26.9. The zero-order valence-corrected chi connectivity index (χ0v) is 22.5. The van der Waals surface area contributed by atoms with Crippen LogP contribution in [0.25, 0.3) is 0 Å². The van der Waals surface area contributed by atoms with Gasteiger partial charge in [0.15, 0.2) is 17.3 Å². The molecule has 1 spiro atoms. The molecule has 198 valence electrons. The van der Waals surface area contributed by atoms with Crippen molar-refractivity contribution in [3.8, 4) is 11.5 Å². The molecule has 11 heteroatoms. The molecule has 36 heavy (non-hydrogen) atoms. The van der Waals surface area contributed by atoms with Crippen molar-refractivity contribution in [2.24, 2.45) is 0 Å². The van der Waals surface area contributed by atoms with E-state index in [0.29, 0.717) is 29.1 Å². The molecule has 1 atom stereocenters. The van der Waals surface area contributed by atoms with Crippen molar-refractivity contribution in [1.29, 1.82) is 0 Å². The van der Waals surface area contributed by atoms with E-state index in [1.807, 2.05) is 6.07 Å². The van der Waals surface area contributed by atoms with Crippen LogP contribution in [0.4, 0.5) is 4.79 Å². The van der Waals surface area contributed by atoms with Crippen molar-refractivity contribution in [1.82, 2.24) is 4.90 Å². The summed E-state index contributed by atoms with van der Waals surface area (Å²) < 4.78 is 50.4. The number of methoxy groups -OCH3 is 3. The molecule has 0 bridgehead atoms. The minimum Gasteiger partial charge on any atom is -0.493 e. The van der Waals surface area contributed by atoms with Crippen molar-refractivity contribution in [3.05, 3.63) is 46.7 Å². The van der Waals surface area contributed by atoms with Gasteiger partial charge in [-0.25, -0.2) is 4.79 Å². The zero-order valence-electron chi connectivity index (χ0n) is 21.7. The Labute approximate surface area is 211 Å². The summed E-state index contributed by atoms with van der Waals surface area (Å²) in [6.07, 6.45) is 3.82. The van der Waals surface area contributed by atoms with Gasteiger partial charge in [-0.3, -0.25) is 13.9 Å². The second-order valence-corrected chi connectivity index (χ2v) is 11.2. The van der Waals surface area contributed by atoms with Gasteiger partial charge in [-0.2, -0.15) is 8.42 Å². The van der Waals surface area contributed by atoms with Crippen LogP contribution >= 0.6 is 0 Å². The van der Waals surface area contributed by atoms with Gasteiger partial charge in [0.05, 0.1) is 34.2 Å². The molecular formula is C25H33NO9S. The molecular weight excluding hydrogens is 490 g/mol. The van der Waals surface area contributed by atoms with Crippen LogP contribution in [-0.4, -0.2) is 71.5 Å². The highest BCUT2D eigenvalue weighted by Crippen LogP contribution is 2.49. The summed E-state index contributed by atoms with van der Waals surface area (Å²) in [7, 11) is 0.686.